The van der Waals surface area contributed by atoms with Crippen molar-refractivity contribution in [1.29, 1.82) is 0 Å². The Labute approximate surface area is 129 Å². The van der Waals surface area contributed by atoms with E-state index in [9.17, 15) is 0 Å². The van der Waals surface area contributed by atoms with Gasteiger partial charge in [-0.1, -0.05) is 31.4 Å². The third-order valence-electron chi connectivity index (χ3n) is 4.62. The summed E-state index contributed by atoms with van der Waals surface area (Å²) in [6.07, 6.45) is 10.0. The van der Waals surface area contributed by atoms with Crippen molar-refractivity contribution in [2.24, 2.45) is 5.92 Å². The maximum atomic E-state index is 5.89. The van der Waals surface area contributed by atoms with Crippen molar-refractivity contribution >= 4 is 18.1 Å². The van der Waals surface area contributed by atoms with E-state index in [0.29, 0.717) is 0 Å². The van der Waals surface area contributed by atoms with Gasteiger partial charge in [0.05, 0.1) is 0 Å². The number of benzene rings is 1. The number of nitrogens with two attached hydrogens (primary N) is 1. The molecule has 2 saturated carbocycles. The molecule has 0 aliphatic heterocycles. The third-order valence-corrected chi connectivity index (χ3v) is 4.62. The fourth-order valence-corrected chi connectivity index (χ4v) is 3.41. The van der Waals surface area contributed by atoms with Crippen LogP contribution < -0.4 is 5.73 Å². The third kappa shape index (κ3) is 4.39. The van der Waals surface area contributed by atoms with Crippen molar-refractivity contribution in [3.63, 3.8) is 0 Å². The van der Waals surface area contributed by atoms with Gasteiger partial charge < -0.3 is 5.73 Å². The summed E-state index contributed by atoms with van der Waals surface area (Å²) in [5, 5.41) is 0. The first-order valence-corrected chi connectivity index (χ1v) is 7.90. The lowest BCUT2D eigenvalue weighted by atomic mass is 9.89. The summed E-state index contributed by atoms with van der Waals surface area (Å²) < 4.78 is 0. The van der Waals surface area contributed by atoms with Gasteiger partial charge in [-0.05, 0) is 49.3 Å². The molecule has 0 bridgehead atoms. The first-order chi connectivity index (χ1) is 9.31. The summed E-state index contributed by atoms with van der Waals surface area (Å²) >= 11 is 0. The fourth-order valence-electron chi connectivity index (χ4n) is 3.41. The molecular weight excluding hydrogens is 268 g/mol. The van der Waals surface area contributed by atoms with Crippen molar-refractivity contribution < 1.29 is 0 Å². The molecule has 0 saturated heterocycles. The number of nitrogens with zero attached hydrogens (tertiary/aromatic N) is 1. The molecule has 0 radical (unpaired) electrons. The van der Waals surface area contributed by atoms with Gasteiger partial charge >= 0.3 is 0 Å². The number of rotatable bonds is 5. The molecule has 0 heterocycles. The van der Waals surface area contributed by atoms with Crippen molar-refractivity contribution in [2.75, 3.05) is 12.3 Å². The predicted octanol–water partition coefficient (Wildman–Crippen LogP) is 4.24. The van der Waals surface area contributed by atoms with Gasteiger partial charge in [0.25, 0.3) is 0 Å². The topological polar surface area (TPSA) is 29.3 Å². The van der Waals surface area contributed by atoms with E-state index in [1.807, 2.05) is 6.07 Å². The maximum absolute atomic E-state index is 5.89. The summed E-state index contributed by atoms with van der Waals surface area (Å²) in [5.41, 5.74) is 8.16. The number of hydrogen-bond donors (Lipinski definition) is 1. The Morgan fingerprint density at radius 3 is 2.45 bits per heavy atom. The molecule has 0 unspecified atom stereocenters. The summed E-state index contributed by atoms with van der Waals surface area (Å²) in [4.78, 5) is 2.71. The normalized spacial score (nSPS) is 19.9. The summed E-state index contributed by atoms with van der Waals surface area (Å²) in [7, 11) is 0. The standard InChI is InChI=1S/C17H26N2.ClH/c18-16-8-4-7-15(11-16)13-19(17-9-10-17)12-14-5-2-1-3-6-14;/h4,7-8,11,14,17H,1-3,5-6,9-10,12-13,18H2;1H. The number of halogens is 1. The van der Waals surface area contributed by atoms with Crippen molar-refractivity contribution in [3.05, 3.63) is 29.8 Å². The monoisotopic (exact) mass is 294 g/mol. The second-order valence-corrected chi connectivity index (χ2v) is 6.41. The van der Waals surface area contributed by atoms with Crippen LogP contribution >= 0.6 is 12.4 Å². The Bertz CT molecular complexity index is 411. The largest absolute Gasteiger partial charge is 0.399 e. The van der Waals surface area contributed by atoms with Crippen LogP contribution in [0, 0.1) is 5.92 Å². The van der Waals surface area contributed by atoms with Crippen LogP contribution in [0.2, 0.25) is 0 Å². The number of nitrogen functional groups attached to an aromatic ring is 1. The Hall–Kier alpha value is -0.730. The first-order valence-electron chi connectivity index (χ1n) is 7.90. The molecule has 2 aliphatic rings. The van der Waals surface area contributed by atoms with Gasteiger partial charge in [0.15, 0.2) is 0 Å². The summed E-state index contributed by atoms with van der Waals surface area (Å²) in [6.45, 7) is 2.39. The zero-order chi connectivity index (χ0) is 13.1. The molecule has 2 aliphatic carbocycles. The quantitative estimate of drug-likeness (QED) is 0.823. The van der Waals surface area contributed by atoms with Crippen LogP contribution in [-0.2, 0) is 6.54 Å². The number of anilines is 1. The van der Waals surface area contributed by atoms with E-state index in [4.69, 9.17) is 5.73 Å². The van der Waals surface area contributed by atoms with Crippen LogP contribution in [0.5, 0.6) is 0 Å². The molecule has 3 heteroatoms. The Morgan fingerprint density at radius 1 is 1.05 bits per heavy atom. The van der Waals surface area contributed by atoms with E-state index in [0.717, 1.165) is 24.2 Å². The second kappa shape index (κ2) is 7.33. The molecule has 0 amide bonds. The van der Waals surface area contributed by atoms with Crippen molar-refractivity contribution in [3.8, 4) is 0 Å². The van der Waals surface area contributed by atoms with Crippen LogP contribution in [0.4, 0.5) is 5.69 Å². The molecule has 1 aromatic rings. The average molecular weight is 295 g/mol. The SMILES string of the molecule is Cl.Nc1cccc(CN(CC2CCCCC2)C2CC2)c1. The Balaban J connectivity index is 0.00000147. The van der Waals surface area contributed by atoms with E-state index in [-0.39, 0.29) is 12.4 Å². The van der Waals surface area contributed by atoms with Gasteiger partial charge in [0.1, 0.15) is 0 Å². The average Bonchev–Trinajstić information content (AvgIpc) is 3.23. The second-order valence-electron chi connectivity index (χ2n) is 6.41. The van der Waals surface area contributed by atoms with E-state index >= 15 is 0 Å². The summed E-state index contributed by atoms with van der Waals surface area (Å²) in [5.74, 6) is 0.940. The van der Waals surface area contributed by atoms with E-state index < -0.39 is 0 Å². The zero-order valence-corrected chi connectivity index (χ0v) is 13.1. The fraction of sp³-hybridized carbons (Fsp3) is 0.647. The smallest absolute Gasteiger partial charge is 0.0317 e. The highest BCUT2D eigenvalue weighted by atomic mass is 35.5. The highest BCUT2D eigenvalue weighted by molar-refractivity contribution is 5.85. The van der Waals surface area contributed by atoms with Gasteiger partial charge in [-0.3, -0.25) is 4.90 Å². The molecule has 112 valence electrons. The van der Waals surface area contributed by atoms with E-state index in [2.05, 4.69) is 23.1 Å². The Morgan fingerprint density at radius 2 is 1.80 bits per heavy atom. The molecule has 2 N–H and O–H groups in total. The lowest BCUT2D eigenvalue weighted by Gasteiger charge is -2.30. The van der Waals surface area contributed by atoms with Gasteiger partial charge in [-0.2, -0.15) is 0 Å². The van der Waals surface area contributed by atoms with Gasteiger partial charge in [0.2, 0.25) is 0 Å². The van der Waals surface area contributed by atoms with E-state index in [1.54, 1.807) is 0 Å². The minimum absolute atomic E-state index is 0. The molecule has 20 heavy (non-hydrogen) atoms. The maximum Gasteiger partial charge on any atom is 0.0317 e. The van der Waals surface area contributed by atoms with Crippen LogP contribution in [0.15, 0.2) is 24.3 Å². The minimum atomic E-state index is 0. The minimum Gasteiger partial charge on any atom is -0.399 e. The summed E-state index contributed by atoms with van der Waals surface area (Å²) in [6, 6.07) is 9.26. The van der Waals surface area contributed by atoms with Crippen molar-refractivity contribution in [1.82, 2.24) is 4.90 Å². The van der Waals surface area contributed by atoms with Crippen LogP contribution in [0.25, 0.3) is 0 Å². The predicted molar refractivity (Wildman–Crippen MR) is 88.1 cm³/mol. The lowest BCUT2D eigenvalue weighted by Crippen LogP contribution is -2.32. The first kappa shape index (κ1) is 15.7. The molecule has 0 atom stereocenters. The number of hydrogen-bond acceptors (Lipinski definition) is 2. The van der Waals surface area contributed by atoms with E-state index in [1.165, 1.54) is 57.1 Å². The van der Waals surface area contributed by atoms with Crippen LogP contribution in [-0.4, -0.2) is 17.5 Å². The Kier molecular flexibility index (Phi) is 5.74. The molecule has 3 rings (SSSR count). The molecular formula is C17H27ClN2. The molecule has 0 spiro atoms. The molecule has 0 aromatic heterocycles. The molecule has 2 nitrogen and oxygen atoms in total. The van der Waals surface area contributed by atoms with Crippen LogP contribution in [0.3, 0.4) is 0 Å². The highest BCUT2D eigenvalue weighted by Gasteiger charge is 2.30. The van der Waals surface area contributed by atoms with Gasteiger partial charge in [0, 0.05) is 24.8 Å². The van der Waals surface area contributed by atoms with Crippen molar-refractivity contribution in [2.45, 2.75) is 57.5 Å². The van der Waals surface area contributed by atoms with Gasteiger partial charge in [-0.25, -0.2) is 0 Å². The molecule has 2 fully saturated rings. The van der Waals surface area contributed by atoms with Crippen LogP contribution in [0.1, 0.15) is 50.5 Å². The lowest BCUT2D eigenvalue weighted by molar-refractivity contribution is 0.186. The highest BCUT2D eigenvalue weighted by Crippen LogP contribution is 2.32. The zero-order valence-electron chi connectivity index (χ0n) is 12.3. The van der Waals surface area contributed by atoms with Gasteiger partial charge in [-0.15, -0.1) is 12.4 Å². The molecule has 1 aromatic carbocycles.